The first-order valence-electron chi connectivity index (χ1n) is 3.42. The molecular formula is C8H7N3O2. The summed E-state index contributed by atoms with van der Waals surface area (Å²) in [6, 6.07) is 4.01. The smallest absolute Gasteiger partial charge is 0.271 e. The van der Waals surface area contributed by atoms with Gasteiger partial charge < -0.3 is 5.73 Å². The summed E-state index contributed by atoms with van der Waals surface area (Å²) in [5.74, 6) is 2.26. The van der Waals surface area contributed by atoms with Crippen molar-refractivity contribution in [3.8, 4) is 0 Å². The predicted octanol–water partition coefficient (Wildman–Crippen LogP) is 1.66. The Morgan fingerprint density at radius 3 is 2.85 bits per heavy atom. The zero-order valence-corrected chi connectivity index (χ0v) is 6.73. The first-order chi connectivity index (χ1) is 6.15. The molecule has 1 aromatic carbocycles. The second-order valence-corrected chi connectivity index (χ2v) is 2.27. The third-order valence-corrected chi connectivity index (χ3v) is 1.42. The maximum absolute atomic E-state index is 10.4. The molecule has 13 heavy (non-hydrogen) atoms. The van der Waals surface area contributed by atoms with Gasteiger partial charge in [0, 0.05) is 12.1 Å². The van der Waals surface area contributed by atoms with Gasteiger partial charge in [-0.3, -0.25) is 10.1 Å². The number of hydrogen-bond acceptors (Lipinski definition) is 4. The molecule has 5 heteroatoms. The molecule has 0 aliphatic carbocycles. The van der Waals surface area contributed by atoms with E-state index in [1.54, 1.807) is 0 Å². The first-order valence-corrected chi connectivity index (χ1v) is 3.42. The number of rotatable bonds is 2. The molecule has 0 aliphatic heterocycles. The van der Waals surface area contributed by atoms with E-state index < -0.39 is 4.92 Å². The van der Waals surface area contributed by atoms with Gasteiger partial charge in [-0.2, -0.15) is 0 Å². The molecule has 0 aliphatic rings. The van der Waals surface area contributed by atoms with Crippen LogP contribution < -0.4 is 5.73 Å². The molecule has 0 spiro atoms. The Kier molecular flexibility index (Phi) is 2.42. The van der Waals surface area contributed by atoms with Crippen molar-refractivity contribution in [3.05, 3.63) is 34.9 Å². The molecule has 0 fully saturated rings. The molecule has 0 aromatic heterocycles. The molecule has 0 amide bonds. The fourth-order valence-corrected chi connectivity index (χ4v) is 0.828. The lowest BCUT2D eigenvalue weighted by Gasteiger charge is -1.97. The summed E-state index contributed by atoms with van der Waals surface area (Å²) in [6.45, 7) is 3.25. The molecule has 5 nitrogen and oxygen atoms in total. The van der Waals surface area contributed by atoms with Crippen LogP contribution in [0.25, 0.3) is 0 Å². The number of non-ortho nitro benzene ring substituents is 1. The van der Waals surface area contributed by atoms with Gasteiger partial charge in [0.25, 0.3) is 5.69 Å². The summed E-state index contributed by atoms with van der Waals surface area (Å²) in [4.78, 5) is 13.5. The molecule has 0 atom stereocenters. The van der Waals surface area contributed by atoms with E-state index in [1.807, 2.05) is 0 Å². The Morgan fingerprint density at radius 1 is 1.62 bits per heavy atom. The minimum Gasteiger partial charge on any atom is -0.397 e. The normalized spacial score (nSPS) is 8.92. The zero-order valence-electron chi connectivity index (χ0n) is 6.73. The van der Waals surface area contributed by atoms with E-state index in [4.69, 9.17) is 5.73 Å². The van der Waals surface area contributed by atoms with Gasteiger partial charge in [-0.15, -0.1) is 0 Å². The van der Waals surface area contributed by atoms with Crippen LogP contribution in [0, 0.1) is 10.1 Å². The molecule has 66 valence electrons. The molecule has 0 bridgehead atoms. The van der Waals surface area contributed by atoms with Gasteiger partial charge in [-0.05, 0) is 18.5 Å². The number of nitrogens with two attached hydrogens (primary N) is 1. The number of nitrogen functional groups attached to an aromatic ring is 1. The number of nitrogens with zero attached hydrogens (tertiary/aromatic N) is 2. The second-order valence-electron chi connectivity index (χ2n) is 2.27. The predicted molar refractivity (Wildman–Crippen MR) is 50.2 cm³/mol. The average Bonchev–Trinajstić information content (AvgIpc) is 2.08. The summed E-state index contributed by atoms with van der Waals surface area (Å²) in [5, 5.41) is 10.4. The third-order valence-electron chi connectivity index (χ3n) is 1.42. The summed E-state index contributed by atoms with van der Waals surface area (Å²) >= 11 is 0. The van der Waals surface area contributed by atoms with Crippen molar-refractivity contribution in [2.24, 2.45) is 4.99 Å². The Balaban J connectivity index is 3.26. The molecule has 0 heterocycles. The van der Waals surface area contributed by atoms with Gasteiger partial charge in [0.2, 0.25) is 0 Å². The van der Waals surface area contributed by atoms with Crippen molar-refractivity contribution in [1.82, 2.24) is 0 Å². The average molecular weight is 177 g/mol. The van der Waals surface area contributed by atoms with Crippen LogP contribution in [0.5, 0.6) is 0 Å². The number of hydrogen-bond donors (Lipinski definition) is 1. The van der Waals surface area contributed by atoms with Gasteiger partial charge in [0.1, 0.15) is 5.69 Å². The third kappa shape index (κ3) is 1.91. The van der Waals surface area contributed by atoms with Gasteiger partial charge in [-0.25, -0.2) is 4.99 Å². The SMILES string of the molecule is C=C=Nc1cc([N+](=O)[O-])ccc1N. The van der Waals surface area contributed by atoms with E-state index in [9.17, 15) is 10.1 Å². The number of benzene rings is 1. The Labute approximate surface area is 74.4 Å². The van der Waals surface area contributed by atoms with Crippen molar-refractivity contribution in [3.63, 3.8) is 0 Å². The minimum atomic E-state index is -0.512. The van der Waals surface area contributed by atoms with E-state index >= 15 is 0 Å². The number of nitro benzene ring substituents is 1. The Bertz CT molecular complexity index is 394. The van der Waals surface area contributed by atoms with E-state index in [2.05, 4.69) is 17.4 Å². The van der Waals surface area contributed by atoms with Gasteiger partial charge in [0.15, 0.2) is 0 Å². The summed E-state index contributed by atoms with van der Waals surface area (Å²) in [7, 11) is 0. The minimum absolute atomic E-state index is 0.0526. The van der Waals surface area contributed by atoms with Crippen LogP contribution in [-0.4, -0.2) is 10.8 Å². The van der Waals surface area contributed by atoms with Gasteiger partial charge in [0.05, 0.1) is 10.6 Å². The van der Waals surface area contributed by atoms with Crippen LogP contribution in [0.15, 0.2) is 29.8 Å². The van der Waals surface area contributed by atoms with Crippen molar-refractivity contribution < 1.29 is 4.92 Å². The van der Waals surface area contributed by atoms with E-state index in [-0.39, 0.29) is 5.69 Å². The zero-order chi connectivity index (χ0) is 9.84. The highest BCUT2D eigenvalue weighted by atomic mass is 16.6. The van der Waals surface area contributed by atoms with Gasteiger partial charge >= 0.3 is 0 Å². The summed E-state index contributed by atoms with van der Waals surface area (Å²) in [6.07, 6.45) is 0. The van der Waals surface area contributed by atoms with Crippen LogP contribution in [0.2, 0.25) is 0 Å². The summed E-state index contributed by atoms with van der Waals surface area (Å²) in [5.41, 5.74) is 6.11. The molecule has 0 saturated carbocycles. The molecule has 0 saturated heterocycles. The van der Waals surface area contributed by atoms with E-state index in [1.165, 1.54) is 18.2 Å². The number of aliphatic imine (C=N–C) groups is 1. The van der Waals surface area contributed by atoms with Crippen LogP contribution in [-0.2, 0) is 0 Å². The van der Waals surface area contributed by atoms with Crippen LogP contribution in [0.1, 0.15) is 0 Å². The van der Waals surface area contributed by atoms with Crippen LogP contribution >= 0.6 is 0 Å². The molecule has 0 radical (unpaired) electrons. The maximum Gasteiger partial charge on any atom is 0.271 e. The first kappa shape index (κ1) is 8.96. The monoisotopic (exact) mass is 177 g/mol. The van der Waals surface area contributed by atoms with Crippen molar-refractivity contribution in [2.45, 2.75) is 0 Å². The highest BCUT2D eigenvalue weighted by Crippen LogP contribution is 2.26. The molecule has 1 aromatic rings. The maximum atomic E-state index is 10.4. The molecule has 0 unspecified atom stereocenters. The second kappa shape index (κ2) is 3.51. The van der Waals surface area contributed by atoms with Crippen LogP contribution in [0.4, 0.5) is 17.1 Å². The largest absolute Gasteiger partial charge is 0.397 e. The van der Waals surface area contributed by atoms with Crippen LogP contribution in [0.3, 0.4) is 0 Å². The topological polar surface area (TPSA) is 81.5 Å². The molecular weight excluding hydrogens is 170 g/mol. The van der Waals surface area contributed by atoms with Crippen molar-refractivity contribution >= 4 is 22.9 Å². The lowest BCUT2D eigenvalue weighted by atomic mass is 10.2. The standard InChI is InChI=1S/C8H7N3O2/c1-2-10-8-5-6(11(12)13)3-4-7(8)9/h3-5H,1,9H2. The quantitative estimate of drug-likeness (QED) is 0.323. The molecule has 1 rings (SSSR count). The lowest BCUT2D eigenvalue weighted by molar-refractivity contribution is -0.384. The Morgan fingerprint density at radius 2 is 2.31 bits per heavy atom. The van der Waals surface area contributed by atoms with E-state index in [0.29, 0.717) is 11.4 Å². The molecule has 2 N–H and O–H groups in total. The Hall–Kier alpha value is -2.13. The highest BCUT2D eigenvalue weighted by molar-refractivity contribution is 5.70. The fourth-order valence-electron chi connectivity index (χ4n) is 0.828. The summed E-state index contributed by atoms with van der Waals surface area (Å²) < 4.78 is 0. The van der Waals surface area contributed by atoms with Crippen molar-refractivity contribution in [1.29, 1.82) is 0 Å². The van der Waals surface area contributed by atoms with E-state index in [0.717, 1.165) is 0 Å². The highest BCUT2D eigenvalue weighted by Gasteiger charge is 2.07. The number of anilines is 1. The van der Waals surface area contributed by atoms with Crippen molar-refractivity contribution in [2.75, 3.05) is 5.73 Å². The number of nitro groups is 1. The van der Waals surface area contributed by atoms with Gasteiger partial charge in [-0.1, -0.05) is 0 Å². The fraction of sp³-hybridized carbons (Fsp3) is 0. The lowest BCUT2D eigenvalue weighted by Crippen LogP contribution is -1.90.